The number of aryl methyl sites for hydroxylation is 3. The van der Waals surface area contributed by atoms with Gasteiger partial charge in [0.1, 0.15) is 5.76 Å². The highest BCUT2D eigenvalue weighted by atomic mass is 19.4. The number of hydrogen-bond donors (Lipinski definition) is 2. The van der Waals surface area contributed by atoms with E-state index in [1.54, 1.807) is 7.11 Å². The Morgan fingerprint density at radius 1 is 1.26 bits per heavy atom. The van der Waals surface area contributed by atoms with Crippen molar-refractivity contribution in [1.82, 2.24) is 0 Å². The number of carboxylic acid groups (broad SMARTS) is 1. The molecule has 0 saturated heterocycles. The maximum atomic E-state index is 12.4. The Morgan fingerprint density at radius 3 is 2.11 bits per heavy atom. The predicted octanol–water partition coefficient (Wildman–Crippen LogP) is 3.54. The van der Waals surface area contributed by atoms with Gasteiger partial charge < -0.3 is 15.6 Å². The molecule has 8 heteroatoms. The van der Waals surface area contributed by atoms with Crippen LogP contribution in [-0.2, 0) is 14.3 Å². The number of halogens is 3. The van der Waals surface area contributed by atoms with Gasteiger partial charge >= 0.3 is 12.1 Å². The van der Waals surface area contributed by atoms with Crippen molar-refractivity contribution in [2.75, 3.05) is 13.7 Å². The van der Waals surface area contributed by atoms with Gasteiger partial charge in [-0.05, 0) is 50.4 Å². The standard InChI is InChI=1S/C17H23NO2.C2HF3O2/c1-10-7-11(2)15(12(3)8-10)16-14(19)9-13(5-6-18)17(16)20-4;3-2(4,5)1(6)7/h7-8,13H,5-6,9,18H2,1-4H3;(H,6,7). The average molecular weight is 387 g/mol. The summed E-state index contributed by atoms with van der Waals surface area (Å²) >= 11 is 0. The SMILES string of the molecule is COC1=C(c2c(C)cc(C)cc2C)C(=O)CC1CCN.O=C(O)C(F)(F)F. The van der Waals surface area contributed by atoms with E-state index in [9.17, 15) is 18.0 Å². The fraction of sp³-hybridized carbons (Fsp3) is 0.474. The van der Waals surface area contributed by atoms with Gasteiger partial charge in [0.15, 0.2) is 5.78 Å². The maximum absolute atomic E-state index is 12.4. The van der Waals surface area contributed by atoms with Crippen molar-refractivity contribution in [3.05, 3.63) is 40.1 Å². The van der Waals surface area contributed by atoms with Gasteiger partial charge in [0.2, 0.25) is 0 Å². The Bertz CT molecular complexity index is 731. The third-order valence-electron chi connectivity index (χ3n) is 4.23. The molecule has 0 aromatic heterocycles. The molecule has 1 aliphatic carbocycles. The lowest BCUT2D eigenvalue weighted by atomic mass is 9.92. The fourth-order valence-electron chi connectivity index (χ4n) is 3.30. The minimum absolute atomic E-state index is 0.132. The second-order valence-electron chi connectivity index (χ2n) is 6.42. The summed E-state index contributed by atoms with van der Waals surface area (Å²) in [4.78, 5) is 21.3. The van der Waals surface area contributed by atoms with Gasteiger partial charge in [0.25, 0.3) is 0 Å². The summed E-state index contributed by atoms with van der Waals surface area (Å²) in [6.45, 7) is 6.76. The quantitative estimate of drug-likeness (QED) is 0.825. The first-order valence-corrected chi connectivity index (χ1v) is 8.33. The number of benzene rings is 1. The van der Waals surface area contributed by atoms with Crippen LogP contribution < -0.4 is 5.73 Å². The van der Waals surface area contributed by atoms with E-state index in [1.807, 2.05) is 0 Å². The topological polar surface area (TPSA) is 89.6 Å². The Hall–Kier alpha value is -2.35. The molecule has 1 atom stereocenters. The zero-order valence-electron chi connectivity index (χ0n) is 15.7. The van der Waals surface area contributed by atoms with Gasteiger partial charge in [0, 0.05) is 12.3 Å². The van der Waals surface area contributed by atoms with Crippen LogP contribution in [0.5, 0.6) is 0 Å². The average Bonchev–Trinajstić information content (AvgIpc) is 2.82. The van der Waals surface area contributed by atoms with Crippen LogP contribution in [0.4, 0.5) is 13.2 Å². The van der Waals surface area contributed by atoms with Crippen LogP contribution in [0.3, 0.4) is 0 Å². The van der Waals surface area contributed by atoms with Crippen LogP contribution in [0.25, 0.3) is 5.57 Å². The summed E-state index contributed by atoms with van der Waals surface area (Å²) < 4.78 is 37.3. The number of Topliss-reactive ketones (excluding diaryl/α,β-unsaturated/α-hetero) is 1. The summed E-state index contributed by atoms with van der Waals surface area (Å²) in [7, 11) is 1.65. The van der Waals surface area contributed by atoms with E-state index in [0.717, 1.165) is 34.4 Å². The maximum Gasteiger partial charge on any atom is 0.490 e. The van der Waals surface area contributed by atoms with Gasteiger partial charge in [0.05, 0.1) is 12.7 Å². The lowest BCUT2D eigenvalue weighted by Crippen LogP contribution is -2.21. The fourth-order valence-corrected chi connectivity index (χ4v) is 3.30. The van der Waals surface area contributed by atoms with Crippen molar-refractivity contribution in [2.45, 2.75) is 39.8 Å². The molecule has 1 aromatic rings. The summed E-state index contributed by atoms with van der Waals surface area (Å²) in [6.07, 6.45) is -3.77. The molecule has 5 nitrogen and oxygen atoms in total. The molecule has 3 N–H and O–H groups in total. The summed E-state index contributed by atoms with van der Waals surface area (Å²) in [5, 5.41) is 7.12. The molecule has 0 aliphatic heterocycles. The van der Waals surface area contributed by atoms with Crippen molar-refractivity contribution >= 4 is 17.3 Å². The molecule has 27 heavy (non-hydrogen) atoms. The number of nitrogens with two attached hydrogens (primary N) is 1. The van der Waals surface area contributed by atoms with Crippen LogP contribution >= 0.6 is 0 Å². The largest absolute Gasteiger partial charge is 0.500 e. The summed E-state index contributed by atoms with van der Waals surface area (Å²) in [6, 6.07) is 4.23. The molecule has 1 unspecified atom stereocenters. The number of alkyl halides is 3. The first kappa shape index (κ1) is 22.7. The normalized spacial score (nSPS) is 16.9. The molecule has 1 aliphatic rings. The smallest absolute Gasteiger partial charge is 0.490 e. The van der Waals surface area contributed by atoms with Gasteiger partial charge in [-0.25, -0.2) is 4.79 Å². The molecule has 0 heterocycles. The number of allylic oxidation sites excluding steroid dienone is 2. The van der Waals surface area contributed by atoms with Gasteiger partial charge in [-0.1, -0.05) is 17.7 Å². The number of methoxy groups -OCH3 is 1. The van der Waals surface area contributed by atoms with Crippen LogP contribution in [0.1, 0.15) is 35.1 Å². The number of carboxylic acids is 1. The van der Waals surface area contributed by atoms with E-state index in [0.29, 0.717) is 13.0 Å². The molecule has 150 valence electrons. The second kappa shape index (κ2) is 9.03. The van der Waals surface area contributed by atoms with E-state index in [-0.39, 0.29) is 11.7 Å². The molecule has 0 amide bonds. The van der Waals surface area contributed by atoms with Gasteiger partial charge in [-0.3, -0.25) is 4.79 Å². The molecule has 0 fully saturated rings. The van der Waals surface area contributed by atoms with Crippen molar-refractivity contribution in [1.29, 1.82) is 0 Å². The molecule has 2 rings (SSSR count). The number of hydrogen-bond acceptors (Lipinski definition) is 4. The molecule has 0 radical (unpaired) electrons. The lowest BCUT2D eigenvalue weighted by molar-refractivity contribution is -0.192. The third-order valence-corrected chi connectivity index (χ3v) is 4.23. The number of ether oxygens (including phenoxy) is 1. The minimum atomic E-state index is -5.08. The van der Waals surface area contributed by atoms with Crippen molar-refractivity contribution < 1.29 is 32.6 Å². The van der Waals surface area contributed by atoms with E-state index in [2.05, 4.69) is 32.9 Å². The van der Waals surface area contributed by atoms with Crippen molar-refractivity contribution in [2.24, 2.45) is 11.7 Å². The molecular formula is C19H24F3NO4. The Morgan fingerprint density at radius 2 is 1.74 bits per heavy atom. The molecule has 1 aromatic carbocycles. The number of carbonyl (C=O) groups is 2. The zero-order chi connectivity index (χ0) is 20.9. The van der Waals surface area contributed by atoms with Crippen molar-refractivity contribution in [3.8, 4) is 0 Å². The van der Waals surface area contributed by atoms with E-state index < -0.39 is 12.1 Å². The zero-order valence-corrected chi connectivity index (χ0v) is 15.7. The highest BCUT2D eigenvalue weighted by Crippen LogP contribution is 2.39. The Balaban J connectivity index is 0.000000445. The van der Waals surface area contributed by atoms with E-state index in [1.165, 1.54) is 5.56 Å². The molecular weight excluding hydrogens is 363 g/mol. The highest BCUT2D eigenvalue weighted by Gasteiger charge is 2.38. The second-order valence-corrected chi connectivity index (χ2v) is 6.42. The van der Waals surface area contributed by atoms with Gasteiger partial charge in [-0.15, -0.1) is 0 Å². The number of rotatable bonds is 4. The number of aliphatic carboxylic acids is 1. The third kappa shape index (κ3) is 5.56. The number of carbonyl (C=O) groups excluding carboxylic acids is 1. The Labute approximate surface area is 156 Å². The van der Waals surface area contributed by atoms with E-state index >= 15 is 0 Å². The lowest BCUT2D eigenvalue weighted by Gasteiger charge is -2.15. The number of ketones is 1. The highest BCUT2D eigenvalue weighted by molar-refractivity contribution is 6.24. The van der Waals surface area contributed by atoms with Crippen molar-refractivity contribution in [3.63, 3.8) is 0 Å². The predicted molar refractivity (Wildman–Crippen MR) is 95.1 cm³/mol. The molecule has 0 spiro atoms. The van der Waals surface area contributed by atoms with Crippen LogP contribution in [0.2, 0.25) is 0 Å². The Kier molecular flexibility index (Phi) is 7.59. The molecule has 0 saturated carbocycles. The van der Waals surface area contributed by atoms with Gasteiger partial charge in [-0.2, -0.15) is 13.2 Å². The summed E-state index contributed by atoms with van der Waals surface area (Å²) in [5.41, 5.74) is 10.9. The first-order valence-electron chi connectivity index (χ1n) is 8.33. The summed E-state index contributed by atoms with van der Waals surface area (Å²) in [5.74, 6) is -1.63. The van der Waals surface area contributed by atoms with Crippen LogP contribution in [0.15, 0.2) is 17.9 Å². The monoisotopic (exact) mass is 387 g/mol. The van der Waals surface area contributed by atoms with E-state index in [4.69, 9.17) is 20.4 Å². The minimum Gasteiger partial charge on any atom is -0.500 e. The van der Waals surface area contributed by atoms with Crippen LogP contribution in [-0.4, -0.2) is 36.7 Å². The molecule has 0 bridgehead atoms. The first-order chi connectivity index (χ1) is 12.4. The van der Waals surface area contributed by atoms with Crippen LogP contribution in [0, 0.1) is 26.7 Å².